The molecular weight excluding hydrogens is 497 g/mol. The third-order valence-corrected chi connectivity index (χ3v) is 6.97. The molecule has 0 saturated heterocycles. The molecule has 1 N–H and O–H groups in total. The fourth-order valence-corrected chi connectivity index (χ4v) is 4.96. The van der Waals surface area contributed by atoms with Gasteiger partial charge < -0.3 is 15.0 Å². The van der Waals surface area contributed by atoms with Crippen molar-refractivity contribution in [3.63, 3.8) is 0 Å². The van der Waals surface area contributed by atoms with Crippen LogP contribution in [0.1, 0.15) is 52.0 Å². The van der Waals surface area contributed by atoms with Gasteiger partial charge in [0.15, 0.2) is 0 Å². The summed E-state index contributed by atoms with van der Waals surface area (Å²) < 4.78 is 45.5. The van der Waals surface area contributed by atoms with Crippen molar-refractivity contribution in [2.24, 2.45) is 0 Å². The number of anilines is 1. The van der Waals surface area contributed by atoms with E-state index in [-0.39, 0.29) is 43.6 Å². The molecule has 0 saturated carbocycles. The lowest BCUT2D eigenvalue weighted by atomic mass is 10.1. The highest BCUT2D eigenvalue weighted by Gasteiger charge is 2.29. The quantitative estimate of drug-likeness (QED) is 0.370. The predicted octanol–water partition coefficient (Wildman–Crippen LogP) is 4.10. The molecule has 2 aromatic rings. The Morgan fingerprint density at radius 3 is 2.32 bits per heavy atom. The number of amides is 2. The molecule has 204 valence electrons. The topological polar surface area (TPSA) is 96.0 Å². The third kappa shape index (κ3) is 9.03. The number of halogens is 1. The highest BCUT2D eigenvalue weighted by Crippen LogP contribution is 2.30. The van der Waals surface area contributed by atoms with Crippen LogP contribution in [0, 0.1) is 5.82 Å². The average Bonchev–Trinajstić information content (AvgIpc) is 2.86. The first kappa shape index (κ1) is 30.1. The minimum Gasteiger partial charge on any atom is -0.492 e. The molecule has 10 heteroatoms. The van der Waals surface area contributed by atoms with Crippen molar-refractivity contribution in [1.29, 1.82) is 0 Å². The summed E-state index contributed by atoms with van der Waals surface area (Å²) in [7, 11) is -3.65. The Balaban J connectivity index is 2.23. The van der Waals surface area contributed by atoms with Crippen molar-refractivity contribution < 1.29 is 27.1 Å². The molecule has 0 aliphatic carbocycles. The summed E-state index contributed by atoms with van der Waals surface area (Å²) >= 11 is 0. The van der Waals surface area contributed by atoms with Crippen LogP contribution in [0.3, 0.4) is 0 Å². The molecule has 1 unspecified atom stereocenters. The Bertz CT molecular complexity index is 1130. The lowest BCUT2D eigenvalue weighted by Gasteiger charge is -2.31. The van der Waals surface area contributed by atoms with Gasteiger partial charge >= 0.3 is 0 Å². The Hall–Kier alpha value is -3.14. The van der Waals surface area contributed by atoms with Gasteiger partial charge in [-0.3, -0.25) is 13.9 Å². The minimum absolute atomic E-state index is 0.0293. The molecule has 2 rings (SSSR count). The Morgan fingerprint density at radius 2 is 1.73 bits per heavy atom. The summed E-state index contributed by atoms with van der Waals surface area (Å²) in [6.07, 6.45) is 2.54. The second kappa shape index (κ2) is 14.6. The van der Waals surface area contributed by atoms with Crippen LogP contribution in [-0.2, 0) is 26.2 Å². The highest BCUT2D eigenvalue weighted by molar-refractivity contribution is 7.92. The summed E-state index contributed by atoms with van der Waals surface area (Å²) in [6.45, 7) is 6.67. The van der Waals surface area contributed by atoms with Gasteiger partial charge in [-0.25, -0.2) is 12.8 Å². The molecule has 2 amide bonds. The molecule has 0 radical (unpaired) electrons. The maximum atomic E-state index is 13.4. The monoisotopic (exact) mass is 535 g/mol. The largest absolute Gasteiger partial charge is 0.492 e. The molecule has 0 bridgehead atoms. The Morgan fingerprint density at radius 1 is 1.05 bits per heavy atom. The van der Waals surface area contributed by atoms with E-state index in [1.807, 2.05) is 20.8 Å². The number of ether oxygens (including phenoxy) is 1. The number of rotatable bonds is 15. The molecule has 8 nitrogen and oxygen atoms in total. The molecule has 0 heterocycles. The van der Waals surface area contributed by atoms with E-state index in [2.05, 4.69) is 5.32 Å². The molecule has 0 spiro atoms. The first-order valence-corrected chi connectivity index (χ1v) is 14.5. The van der Waals surface area contributed by atoms with Crippen molar-refractivity contribution in [2.45, 2.75) is 59.0 Å². The number of benzene rings is 2. The number of sulfonamides is 1. The van der Waals surface area contributed by atoms with Gasteiger partial charge in [-0.1, -0.05) is 38.1 Å². The number of nitrogens with one attached hydrogen (secondary N) is 1. The van der Waals surface area contributed by atoms with Gasteiger partial charge in [0, 0.05) is 26.1 Å². The van der Waals surface area contributed by atoms with Gasteiger partial charge in [0.2, 0.25) is 21.8 Å². The van der Waals surface area contributed by atoms with Crippen LogP contribution < -0.4 is 14.4 Å². The third-order valence-electron chi connectivity index (χ3n) is 5.79. The van der Waals surface area contributed by atoms with Gasteiger partial charge in [0.1, 0.15) is 17.6 Å². The zero-order chi connectivity index (χ0) is 27.4. The van der Waals surface area contributed by atoms with Gasteiger partial charge in [0.25, 0.3) is 0 Å². The summed E-state index contributed by atoms with van der Waals surface area (Å²) in [4.78, 5) is 27.8. The van der Waals surface area contributed by atoms with E-state index in [1.54, 1.807) is 36.4 Å². The second-order valence-corrected chi connectivity index (χ2v) is 10.6. The van der Waals surface area contributed by atoms with E-state index in [1.165, 1.54) is 21.3 Å². The zero-order valence-corrected chi connectivity index (χ0v) is 22.9. The zero-order valence-electron chi connectivity index (χ0n) is 22.1. The second-order valence-electron chi connectivity index (χ2n) is 8.70. The van der Waals surface area contributed by atoms with Crippen LogP contribution in [0.5, 0.6) is 5.75 Å². The van der Waals surface area contributed by atoms with E-state index in [9.17, 15) is 22.4 Å². The van der Waals surface area contributed by atoms with Gasteiger partial charge in [-0.2, -0.15) is 0 Å². The molecule has 0 aromatic heterocycles. The van der Waals surface area contributed by atoms with E-state index >= 15 is 0 Å². The normalized spacial score (nSPS) is 12.0. The number of hydrogen-bond acceptors (Lipinski definition) is 5. The van der Waals surface area contributed by atoms with E-state index in [4.69, 9.17) is 4.74 Å². The van der Waals surface area contributed by atoms with Gasteiger partial charge in [0.05, 0.1) is 18.6 Å². The van der Waals surface area contributed by atoms with Crippen molar-refractivity contribution in [3.8, 4) is 5.75 Å². The average molecular weight is 536 g/mol. The summed E-state index contributed by atoms with van der Waals surface area (Å²) in [6, 6.07) is 12.0. The standard InChI is InChI=1S/C27H38FN3O5S/c1-5-18-29-27(33)23(6-2)30(20-21-14-16-22(28)17-15-21)26(32)13-10-19-31(37(4,34)35)24-11-8-9-12-25(24)36-7-3/h8-9,11-12,14-17,23H,5-7,10,13,18-20H2,1-4H3,(H,29,33). The number of hydrogen-bond donors (Lipinski definition) is 1. The molecule has 37 heavy (non-hydrogen) atoms. The van der Waals surface area contributed by atoms with Gasteiger partial charge in [-0.05, 0) is 56.0 Å². The Labute approximate surface area is 219 Å². The van der Waals surface area contributed by atoms with Crippen LogP contribution >= 0.6 is 0 Å². The van der Waals surface area contributed by atoms with Crippen LogP contribution in [0.15, 0.2) is 48.5 Å². The molecule has 0 aliphatic heterocycles. The van der Waals surface area contributed by atoms with Crippen molar-refractivity contribution >= 4 is 27.5 Å². The van der Waals surface area contributed by atoms with Crippen LogP contribution in [0.25, 0.3) is 0 Å². The maximum Gasteiger partial charge on any atom is 0.242 e. The molecule has 1 atom stereocenters. The predicted molar refractivity (Wildman–Crippen MR) is 143 cm³/mol. The van der Waals surface area contributed by atoms with Crippen molar-refractivity contribution in [1.82, 2.24) is 10.2 Å². The van der Waals surface area contributed by atoms with E-state index in [0.29, 0.717) is 36.6 Å². The number of carbonyl (C=O) groups excluding carboxylic acids is 2. The maximum absolute atomic E-state index is 13.4. The van der Waals surface area contributed by atoms with Crippen LogP contribution in [0.2, 0.25) is 0 Å². The Kier molecular flexibility index (Phi) is 11.8. The molecule has 0 fully saturated rings. The number of carbonyl (C=O) groups is 2. The molecule has 2 aromatic carbocycles. The molecule has 0 aliphatic rings. The summed E-state index contributed by atoms with van der Waals surface area (Å²) in [5, 5.41) is 2.85. The van der Waals surface area contributed by atoms with Gasteiger partial charge in [-0.15, -0.1) is 0 Å². The number of nitrogens with zero attached hydrogens (tertiary/aromatic N) is 2. The van der Waals surface area contributed by atoms with E-state index < -0.39 is 16.1 Å². The first-order chi connectivity index (χ1) is 17.6. The summed E-state index contributed by atoms with van der Waals surface area (Å²) in [5.74, 6) is -0.474. The van der Waals surface area contributed by atoms with Crippen molar-refractivity contribution in [2.75, 3.05) is 30.3 Å². The lowest BCUT2D eigenvalue weighted by Crippen LogP contribution is -2.49. The van der Waals surface area contributed by atoms with E-state index in [0.717, 1.165) is 12.7 Å². The first-order valence-electron chi connectivity index (χ1n) is 12.6. The lowest BCUT2D eigenvalue weighted by molar-refractivity contribution is -0.141. The van der Waals surface area contributed by atoms with Crippen LogP contribution in [0.4, 0.5) is 10.1 Å². The highest BCUT2D eigenvalue weighted by atomic mass is 32.2. The summed E-state index contributed by atoms with van der Waals surface area (Å²) in [5.41, 5.74) is 1.10. The minimum atomic E-state index is -3.65. The van der Waals surface area contributed by atoms with Crippen LogP contribution in [-0.4, -0.2) is 57.1 Å². The fraction of sp³-hybridized carbons (Fsp3) is 0.481. The smallest absolute Gasteiger partial charge is 0.242 e. The number of para-hydroxylation sites is 2. The fourth-order valence-electron chi connectivity index (χ4n) is 4.00. The van der Waals surface area contributed by atoms with Crippen molar-refractivity contribution in [3.05, 3.63) is 59.9 Å². The molecular formula is C27H38FN3O5S. The SMILES string of the molecule is CCCNC(=O)C(CC)N(Cc1ccc(F)cc1)C(=O)CCCN(c1ccccc1OCC)S(C)(=O)=O.